The van der Waals surface area contributed by atoms with E-state index in [2.05, 4.69) is 20.6 Å². The Kier molecular flexibility index (Phi) is 6.35. The minimum atomic E-state index is -3.77. The summed E-state index contributed by atoms with van der Waals surface area (Å²) in [6.45, 7) is 3.33. The van der Waals surface area contributed by atoms with Gasteiger partial charge >= 0.3 is 0 Å². The predicted molar refractivity (Wildman–Crippen MR) is 126 cm³/mol. The van der Waals surface area contributed by atoms with Crippen molar-refractivity contribution < 1.29 is 22.8 Å². The number of nitrogens with zero attached hydrogens (tertiary/aromatic N) is 3. The van der Waals surface area contributed by atoms with Crippen LogP contribution >= 0.6 is 0 Å². The molecule has 3 amide bonds. The second-order valence-electron chi connectivity index (χ2n) is 7.91. The first-order chi connectivity index (χ1) is 16.1. The fourth-order valence-corrected chi connectivity index (χ4v) is 5.47. The minimum Gasteiger partial charge on any atom is -0.345 e. The Bertz CT molecular complexity index is 1340. The number of benzene rings is 1. The van der Waals surface area contributed by atoms with Crippen LogP contribution in [0.1, 0.15) is 24.2 Å². The first-order valence-electron chi connectivity index (χ1n) is 10.6. The van der Waals surface area contributed by atoms with Gasteiger partial charge in [-0.15, -0.1) is 0 Å². The monoisotopic (exact) mass is 484 g/mol. The van der Waals surface area contributed by atoms with Crippen LogP contribution in [0.25, 0.3) is 11.0 Å². The maximum Gasteiger partial charge on any atom is 0.254 e. The summed E-state index contributed by atoms with van der Waals surface area (Å²) in [5.41, 5.74) is 1.51. The van der Waals surface area contributed by atoms with Crippen molar-refractivity contribution in [2.24, 2.45) is 0 Å². The van der Waals surface area contributed by atoms with Gasteiger partial charge in [-0.05, 0) is 30.3 Å². The van der Waals surface area contributed by atoms with Gasteiger partial charge in [-0.1, -0.05) is 0 Å². The Morgan fingerprint density at radius 3 is 2.18 bits per heavy atom. The highest BCUT2D eigenvalue weighted by Crippen LogP contribution is 2.26. The molecule has 12 heteroatoms. The maximum atomic E-state index is 13.2. The smallest absolute Gasteiger partial charge is 0.254 e. The molecule has 0 radical (unpaired) electrons. The molecular formula is C22H24N6O5S. The molecule has 178 valence electrons. The van der Waals surface area contributed by atoms with Gasteiger partial charge < -0.3 is 20.5 Å². The number of carbonyl (C=O) groups is 3. The molecule has 0 spiro atoms. The summed E-state index contributed by atoms with van der Waals surface area (Å²) in [5, 5.41) is 5.75. The first-order valence-corrected chi connectivity index (χ1v) is 12.0. The molecule has 1 fully saturated rings. The minimum absolute atomic E-state index is 0.130. The molecule has 0 aliphatic carbocycles. The molecule has 3 N–H and O–H groups in total. The number of anilines is 2. The number of rotatable bonds is 5. The largest absolute Gasteiger partial charge is 0.345 e. The molecule has 3 heterocycles. The number of sulfonamides is 1. The van der Waals surface area contributed by atoms with E-state index >= 15 is 0 Å². The van der Waals surface area contributed by atoms with Gasteiger partial charge in [0.2, 0.25) is 21.8 Å². The first kappa shape index (κ1) is 23.4. The van der Waals surface area contributed by atoms with Crippen molar-refractivity contribution in [3.05, 3.63) is 48.3 Å². The van der Waals surface area contributed by atoms with Crippen molar-refractivity contribution in [2.75, 3.05) is 36.8 Å². The molecule has 2 aromatic heterocycles. The van der Waals surface area contributed by atoms with Crippen molar-refractivity contribution in [3.63, 3.8) is 0 Å². The van der Waals surface area contributed by atoms with Crippen LogP contribution in [-0.4, -0.2) is 71.5 Å². The van der Waals surface area contributed by atoms with E-state index in [4.69, 9.17) is 0 Å². The van der Waals surface area contributed by atoms with Crippen LogP contribution in [0.5, 0.6) is 0 Å². The van der Waals surface area contributed by atoms with Crippen molar-refractivity contribution in [1.82, 2.24) is 19.2 Å². The van der Waals surface area contributed by atoms with Gasteiger partial charge in [-0.3, -0.25) is 14.4 Å². The fourth-order valence-electron chi connectivity index (χ4n) is 3.90. The molecule has 1 saturated heterocycles. The number of amides is 3. The summed E-state index contributed by atoms with van der Waals surface area (Å²) >= 11 is 0. The Balaban J connectivity index is 1.51. The summed E-state index contributed by atoms with van der Waals surface area (Å²) in [5.74, 6) is -0.957. The lowest BCUT2D eigenvalue weighted by Gasteiger charge is -2.34. The summed E-state index contributed by atoms with van der Waals surface area (Å²) in [4.78, 5) is 44.8. The average Bonchev–Trinajstić information content (AvgIpc) is 3.23. The number of aromatic nitrogens is 2. The van der Waals surface area contributed by atoms with E-state index in [1.165, 1.54) is 36.5 Å². The molecule has 1 aliphatic heterocycles. The second-order valence-corrected chi connectivity index (χ2v) is 9.82. The topological polar surface area (TPSA) is 145 Å². The molecule has 34 heavy (non-hydrogen) atoms. The average molecular weight is 485 g/mol. The number of H-pyrrole nitrogens is 1. The second kappa shape index (κ2) is 9.23. The predicted octanol–water partition coefficient (Wildman–Crippen LogP) is 1.63. The van der Waals surface area contributed by atoms with E-state index in [1.807, 2.05) is 0 Å². The van der Waals surface area contributed by atoms with Gasteiger partial charge in [-0.25, -0.2) is 13.4 Å². The normalized spacial score (nSPS) is 14.7. The van der Waals surface area contributed by atoms with Gasteiger partial charge in [0, 0.05) is 74.7 Å². The quantitative estimate of drug-likeness (QED) is 0.502. The summed E-state index contributed by atoms with van der Waals surface area (Å²) < 4.78 is 27.7. The Hall–Kier alpha value is -3.77. The highest BCUT2D eigenvalue weighted by molar-refractivity contribution is 7.89. The maximum absolute atomic E-state index is 13.2. The lowest BCUT2D eigenvalue weighted by atomic mass is 10.1. The molecule has 4 rings (SSSR count). The SMILES string of the molecule is CC(=O)Nc1cc(NC(C)=O)cc(C(=O)N2CCN(S(=O)(=O)c3c[nH]c4ncccc34)CC2)c1. The summed E-state index contributed by atoms with van der Waals surface area (Å²) in [6, 6.07) is 7.98. The van der Waals surface area contributed by atoms with Crippen molar-refractivity contribution in [2.45, 2.75) is 18.7 Å². The number of fused-ring (bicyclic) bond motifs is 1. The molecular weight excluding hydrogens is 460 g/mol. The van der Waals surface area contributed by atoms with Crippen molar-refractivity contribution in [3.8, 4) is 0 Å². The fraction of sp³-hybridized carbons (Fsp3) is 0.273. The third-order valence-corrected chi connectivity index (χ3v) is 7.32. The summed E-state index contributed by atoms with van der Waals surface area (Å²) in [7, 11) is -3.77. The zero-order valence-corrected chi connectivity index (χ0v) is 19.5. The highest BCUT2D eigenvalue weighted by Gasteiger charge is 2.32. The standard InChI is InChI=1S/C22H24N6O5S/c1-14(29)25-17-10-16(11-18(12-17)26-15(2)30)22(31)27-6-8-28(9-7-27)34(32,33)20-13-24-21-19(20)4-3-5-23-21/h3-5,10-13H,6-9H2,1-2H3,(H,23,24)(H,25,29)(H,26,30). The van der Waals surface area contributed by atoms with Crippen LogP contribution in [0.15, 0.2) is 47.6 Å². The Labute approximate surface area is 196 Å². The van der Waals surface area contributed by atoms with Gasteiger partial charge in [0.1, 0.15) is 10.5 Å². The van der Waals surface area contributed by atoms with Gasteiger partial charge in [-0.2, -0.15) is 4.31 Å². The van der Waals surface area contributed by atoms with Crippen LogP contribution in [0.3, 0.4) is 0 Å². The number of hydrogen-bond acceptors (Lipinski definition) is 6. The van der Waals surface area contributed by atoms with E-state index in [9.17, 15) is 22.8 Å². The van der Waals surface area contributed by atoms with Crippen molar-refractivity contribution >= 4 is 50.2 Å². The molecule has 0 saturated carbocycles. The third-order valence-electron chi connectivity index (χ3n) is 5.38. The zero-order valence-electron chi connectivity index (χ0n) is 18.7. The van der Waals surface area contributed by atoms with Gasteiger partial charge in [0.25, 0.3) is 5.91 Å². The number of carbonyl (C=O) groups excluding carboxylic acids is 3. The number of hydrogen-bond donors (Lipinski definition) is 3. The lowest BCUT2D eigenvalue weighted by Crippen LogP contribution is -2.50. The molecule has 1 aromatic carbocycles. The number of nitrogens with one attached hydrogen (secondary N) is 3. The van der Waals surface area contributed by atoms with Gasteiger partial charge in [0.05, 0.1) is 0 Å². The Morgan fingerprint density at radius 2 is 1.59 bits per heavy atom. The molecule has 0 bridgehead atoms. The third kappa shape index (κ3) is 4.77. The van der Waals surface area contributed by atoms with Crippen LogP contribution in [-0.2, 0) is 19.6 Å². The lowest BCUT2D eigenvalue weighted by molar-refractivity contribution is -0.115. The van der Waals surface area contributed by atoms with E-state index in [-0.39, 0.29) is 54.4 Å². The highest BCUT2D eigenvalue weighted by atomic mass is 32.2. The van der Waals surface area contributed by atoms with E-state index < -0.39 is 10.0 Å². The number of pyridine rings is 1. The molecule has 11 nitrogen and oxygen atoms in total. The molecule has 0 unspecified atom stereocenters. The Morgan fingerprint density at radius 1 is 0.971 bits per heavy atom. The number of piperazine rings is 1. The van der Waals surface area contributed by atoms with Crippen molar-refractivity contribution in [1.29, 1.82) is 0 Å². The van der Waals surface area contributed by atoms with Gasteiger partial charge in [0.15, 0.2) is 0 Å². The van der Waals surface area contributed by atoms with Crippen LogP contribution < -0.4 is 10.6 Å². The van der Waals surface area contributed by atoms with Crippen LogP contribution in [0, 0.1) is 0 Å². The number of aromatic amines is 1. The van der Waals surface area contributed by atoms with E-state index in [1.54, 1.807) is 29.3 Å². The molecule has 3 aromatic rings. The van der Waals surface area contributed by atoms with Crippen LogP contribution in [0.2, 0.25) is 0 Å². The van der Waals surface area contributed by atoms with E-state index in [0.29, 0.717) is 22.4 Å². The molecule has 0 atom stereocenters. The zero-order chi connectivity index (χ0) is 24.5. The van der Waals surface area contributed by atoms with E-state index in [0.717, 1.165) is 0 Å². The summed E-state index contributed by atoms with van der Waals surface area (Å²) in [6.07, 6.45) is 3.01. The molecule has 1 aliphatic rings. The van der Waals surface area contributed by atoms with Crippen LogP contribution in [0.4, 0.5) is 11.4 Å².